The lowest BCUT2D eigenvalue weighted by Crippen LogP contribution is -2.38. The van der Waals surface area contributed by atoms with Crippen LogP contribution in [-0.4, -0.2) is 76.7 Å². The lowest BCUT2D eigenvalue weighted by molar-refractivity contribution is 0.0771. The SMILES string of the molecule is CN(C(=O)O)C1CCN(c2cc(-c3cc(C(F)F)nn3COCC[Si](C)(C)C)nc(N)n2)C1. The van der Waals surface area contributed by atoms with Gasteiger partial charge in [0.15, 0.2) is 0 Å². The van der Waals surface area contributed by atoms with Gasteiger partial charge in [0.05, 0.1) is 17.4 Å². The summed E-state index contributed by atoms with van der Waals surface area (Å²) in [4.78, 5) is 23.0. The topological polar surface area (TPSA) is 123 Å². The van der Waals surface area contributed by atoms with Crippen molar-refractivity contribution in [3.8, 4) is 11.4 Å². The van der Waals surface area contributed by atoms with Crippen molar-refractivity contribution >= 4 is 25.9 Å². The number of anilines is 2. The second-order valence-corrected chi connectivity index (χ2v) is 15.0. The Bertz CT molecular complexity index is 983. The molecule has 0 saturated carbocycles. The average Bonchev–Trinajstić information content (AvgIpc) is 3.37. The molecular weight excluding hydrogens is 452 g/mol. The molecule has 0 spiro atoms. The Kier molecular flexibility index (Phi) is 7.52. The molecule has 0 bridgehead atoms. The number of nitrogens with two attached hydrogens (primary N) is 1. The van der Waals surface area contributed by atoms with Crippen LogP contribution in [0.4, 0.5) is 25.3 Å². The van der Waals surface area contributed by atoms with Crippen LogP contribution in [0, 0.1) is 0 Å². The molecule has 2 aromatic heterocycles. The van der Waals surface area contributed by atoms with Gasteiger partial charge in [-0.25, -0.2) is 23.2 Å². The fourth-order valence-electron chi connectivity index (χ4n) is 3.55. The molecule has 182 valence electrons. The Balaban J connectivity index is 1.84. The number of amides is 1. The largest absolute Gasteiger partial charge is 0.465 e. The zero-order valence-electron chi connectivity index (χ0n) is 19.3. The zero-order chi connectivity index (χ0) is 24.3. The summed E-state index contributed by atoms with van der Waals surface area (Å²) >= 11 is 0. The maximum Gasteiger partial charge on any atom is 0.407 e. The van der Waals surface area contributed by atoms with E-state index in [1.54, 1.807) is 6.07 Å². The van der Waals surface area contributed by atoms with Gasteiger partial charge in [-0.1, -0.05) is 19.6 Å². The Morgan fingerprint density at radius 2 is 2.09 bits per heavy atom. The van der Waals surface area contributed by atoms with Crippen LogP contribution in [0.25, 0.3) is 11.4 Å². The number of carbonyl (C=O) groups is 1. The number of halogens is 2. The molecular formula is C20H31F2N7O3Si. The van der Waals surface area contributed by atoms with Crippen molar-refractivity contribution in [2.75, 3.05) is 37.4 Å². The number of rotatable bonds is 9. The van der Waals surface area contributed by atoms with Gasteiger partial charge in [-0.15, -0.1) is 0 Å². The summed E-state index contributed by atoms with van der Waals surface area (Å²) in [5, 5.41) is 13.2. The van der Waals surface area contributed by atoms with Crippen molar-refractivity contribution in [1.82, 2.24) is 24.6 Å². The summed E-state index contributed by atoms with van der Waals surface area (Å²) in [7, 11) is 0.236. The minimum atomic E-state index is -2.74. The molecule has 1 aliphatic heterocycles. The standard InChI is InChI=1S/C20H31F2N7O3Si/c1-27(20(30)31)13-5-6-28(11-13)17-10-14(24-19(23)25-17)16-9-15(18(21)22)26-29(16)12-32-7-8-33(2,3)4/h9-10,13,18H,5-8,11-12H2,1-4H3,(H,30,31)(H2,23,24,25). The van der Waals surface area contributed by atoms with Crippen LogP contribution >= 0.6 is 0 Å². The quantitative estimate of drug-likeness (QED) is 0.411. The molecule has 2 aromatic rings. The molecule has 0 radical (unpaired) electrons. The van der Waals surface area contributed by atoms with Crippen molar-refractivity contribution in [3.63, 3.8) is 0 Å². The third-order valence-corrected chi connectivity index (χ3v) is 7.27. The van der Waals surface area contributed by atoms with E-state index in [0.29, 0.717) is 43.3 Å². The molecule has 1 saturated heterocycles. The van der Waals surface area contributed by atoms with E-state index in [-0.39, 0.29) is 24.4 Å². The summed E-state index contributed by atoms with van der Waals surface area (Å²) in [5.74, 6) is 0.494. The van der Waals surface area contributed by atoms with Crippen molar-refractivity contribution in [3.05, 3.63) is 17.8 Å². The number of nitrogens with zero attached hydrogens (tertiary/aromatic N) is 6. The van der Waals surface area contributed by atoms with Crippen LogP contribution in [0.15, 0.2) is 12.1 Å². The van der Waals surface area contributed by atoms with Gasteiger partial charge in [0, 0.05) is 40.9 Å². The summed E-state index contributed by atoms with van der Waals surface area (Å²) < 4.78 is 33.8. The van der Waals surface area contributed by atoms with Crippen LogP contribution < -0.4 is 10.6 Å². The van der Waals surface area contributed by atoms with E-state index in [4.69, 9.17) is 10.5 Å². The molecule has 3 heterocycles. The van der Waals surface area contributed by atoms with Crippen LogP contribution in [0.2, 0.25) is 25.7 Å². The van der Waals surface area contributed by atoms with Crippen molar-refractivity contribution < 1.29 is 23.4 Å². The fraction of sp³-hybridized carbons (Fsp3) is 0.600. The summed E-state index contributed by atoms with van der Waals surface area (Å²) in [6.45, 7) is 8.25. The summed E-state index contributed by atoms with van der Waals surface area (Å²) in [5.41, 5.74) is 6.26. The Labute approximate surface area is 192 Å². The first-order chi connectivity index (χ1) is 15.4. The highest BCUT2D eigenvalue weighted by Gasteiger charge is 2.30. The molecule has 0 aromatic carbocycles. The minimum Gasteiger partial charge on any atom is -0.465 e. The first-order valence-corrected chi connectivity index (χ1v) is 14.4. The maximum absolute atomic E-state index is 13.4. The van der Waals surface area contributed by atoms with E-state index in [9.17, 15) is 18.7 Å². The number of hydrogen-bond acceptors (Lipinski definition) is 7. The number of aromatic nitrogens is 4. The Morgan fingerprint density at radius 1 is 1.36 bits per heavy atom. The van der Waals surface area contributed by atoms with Gasteiger partial charge < -0.3 is 25.4 Å². The van der Waals surface area contributed by atoms with Crippen LogP contribution in [0.3, 0.4) is 0 Å². The molecule has 1 amide bonds. The van der Waals surface area contributed by atoms with Crippen molar-refractivity contribution in [2.45, 2.75) is 51.3 Å². The molecule has 1 aliphatic rings. The highest BCUT2D eigenvalue weighted by molar-refractivity contribution is 6.76. The Morgan fingerprint density at radius 3 is 2.73 bits per heavy atom. The molecule has 1 unspecified atom stereocenters. The monoisotopic (exact) mass is 483 g/mol. The van der Waals surface area contributed by atoms with Gasteiger partial charge in [-0.05, 0) is 18.5 Å². The number of ether oxygens (including phenoxy) is 1. The van der Waals surface area contributed by atoms with E-state index >= 15 is 0 Å². The van der Waals surface area contributed by atoms with E-state index < -0.39 is 20.6 Å². The van der Waals surface area contributed by atoms with Gasteiger partial charge in [-0.3, -0.25) is 0 Å². The summed E-state index contributed by atoms with van der Waals surface area (Å²) in [6.07, 6.45) is -3.10. The van der Waals surface area contributed by atoms with Gasteiger partial charge in [0.25, 0.3) is 6.43 Å². The van der Waals surface area contributed by atoms with Crippen LogP contribution in [0.1, 0.15) is 18.5 Å². The van der Waals surface area contributed by atoms with Gasteiger partial charge >= 0.3 is 6.09 Å². The predicted molar refractivity (Wildman–Crippen MR) is 123 cm³/mol. The molecule has 13 heteroatoms. The Hall–Kier alpha value is -2.80. The number of carboxylic acid groups (broad SMARTS) is 1. The van der Waals surface area contributed by atoms with E-state index in [1.807, 2.05) is 4.90 Å². The number of alkyl halides is 2. The van der Waals surface area contributed by atoms with Gasteiger partial charge in [0.2, 0.25) is 5.95 Å². The predicted octanol–water partition coefficient (Wildman–Crippen LogP) is 3.36. The minimum absolute atomic E-state index is 0.0106. The van der Waals surface area contributed by atoms with Crippen LogP contribution in [-0.2, 0) is 11.5 Å². The van der Waals surface area contributed by atoms with Gasteiger partial charge in [-0.2, -0.15) is 10.1 Å². The third-order valence-electron chi connectivity index (χ3n) is 5.56. The summed E-state index contributed by atoms with van der Waals surface area (Å²) in [6, 6.07) is 3.70. The second kappa shape index (κ2) is 9.99. The van der Waals surface area contributed by atoms with Crippen LogP contribution in [0.5, 0.6) is 0 Å². The highest BCUT2D eigenvalue weighted by Crippen LogP contribution is 2.29. The van der Waals surface area contributed by atoms with E-state index in [2.05, 4.69) is 34.7 Å². The number of nitrogen functional groups attached to an aromatic ring is 1. The molecule has 1 fully saturated rings. The van der Waals surface area contributed by atoms with E-state index in [1.165, 1.54) is 22.7 Å². The average molecular weight is 484 g/mol. The smallest absolute Gasteiger partial charge is 0.407 e. The molecule has 1 atom stereocenters. The molecule has 10 nitrogen and oxygen atoms in total. The van der Waals surface area contributed by atoms with Gasteiger partial charge in [0.1, 0.15) is 18.2 Å². The first-order valence-electron chi connectivity index (χ1n) is 10.7. The number of likely N-dealkylation sites (N-methyl/N-ethyl adjacent to an activating group) is 1. The number of hydrogen-bond donors (Lipinski definition) is 2. The first kappa shape index (κ1) is 24.8. The lowest BCUT2D eigenvalue weighted by Gasteiger charge is -2.22. The highest BCUT2D eigenvalue weighted by atomic mass is 28.3. The maximum atomic E-state index is 13.4. The molecule has 33 heavy (non-hydrogen) atoms. The molecule has 0 aliphatic carbocycles. The zero-order valence-corrected chi connectivity index (χ0v) is 20.3. The fourth-order valence-corrected chi connectivity index (χ4v) is 4.30. The third kappa shape index (κ3) is 6.38. The molecule has 3 N–H and O–H groups in total. The van der Waals surface area contributed by atoms with Crippen molar-refractivity contribution in [2.24, 2.45) is 0 Å². The normalized spacial score (nSPS) is 16.6. The van der Waals surface area contributed by atoms with E-state index in [0.717, 1.165) is 6.04 Å². The second-order valence-electron chi connectivity index (χ2n) is 9.35. The van der Waals surface area contributed by atoms with Crippen molar-refractivity contribution in [1.29, 1.82) is 0 Å². The lowest BCUT2D eigenvalue weighted by atomic mass is 10.2. The molecule has 3 rings (SSSR count).